The second kappa shape index (κ2) is 6.88. The molecule has 0 saturated carbocycles. The van der Waals surface area contributed by atoms with E-state index in [1.54, 1.807) is 12.1 Å². The fourth-order valence-electron chi connectivity index (χ4n) is 3.65. The van der Waals surface area contributed by atoms with Crippen molar-refractivity contribution in [2.75, 3.05) is 5.73 Å². The van der Waals surface area contributed by atoms with Gasteiger partial charge in [-0.05, 0) is 69.1 Å². The van der Waals surface area contributed by atoms with Crippen LogP contribution < -0.4 is 10.5 Å². The van der Waals surface area contributed by atoms with Gasteiger partial charge in [-0.3, -0.25) is 0 Å². The van der Waals surface area contributed by atoms with Gasteiger partial charge >= 0.3 is 0 Å². The number of phenolic OH excluding ortho intramolecular Hbond substituents is 1. The van der Waals surface area contributed by atoms with Gasteiger partial charge in [0, 0.05) is 6.07 Å². The van der Waals surface area contributed by atoms with Crippen molar-refractivity contribution in [3.8, 4) is 28.4 Å². The van der Waals surface area contributed by atoms with Gasteiger partial charge < -0.3 is 15.6 Å². The van der Waals surface area contributed by atoms with Gasteiger partial charge in [-0.25, -0.2) is 0 Å². The molecular formula is C26H19NO2. The molecule has 0 atom stereocenters. The third kappa shape index (κ3) is 3.23. The lowest BCUT2D eigenvalue weighted by molar-refractivity contribution is 0.467. The van der Waals surface area contributed by atoms with Crippen LogP contribution in [0, 0.1) is 0 Å². The predicted octanol–water partition coefficient (Wildman–Crippen LogP) is 6.74. The second-order valence-electron chi connectivity index (χ2n) is 7.07. The van der Waals surface area contributed by atoms with Crippen LogP contribution in [0.25, 0.3) is 32.7 Å². The Bertz CT molecular complexity index is 1340. The van der Waals surface area contributed by atoms with Gasteiger partial charge in [0.1, 0.15) is 17.2 Å². The Hall–Kier alpha value is -3.98. The Morgan fingerprint density at radius 2 is 1.31 bits per heavy atom. The Labute approximate surface area is 168 Å². The zero-order valence-electron chi connectivity index (χ0n) is 15.7. The molecule has 0 saturated heterocycles. The third-order valence-corrected chi connectivity index (χ3v) is 5.15. The molecule has 0 fully saturated rings. The van der Waals surface area contributed by atoms with Crippen LogP contribution in [-0.4, -0.2) is 5.11 Å². The molecule has 5 aromatic carbocycles. The fraction of sp³-hybridized carbons (Fsp3) is 0. The van der Waals surface area contributed by atoms with E-state index in [0.717, 1.165) is 5.56 Å². The van der Waals surface area contributed by atoms with Crippen molar-refractivity contribution in [1.29, 1.82) is 0 Å². The first-order chi connectivity index (χ1) is 14.2. The number of hydrogen-bond donors (Lipinski definition) is 2. The maximum Gasteiger partial charge on any atom is 0.138 e. The average molecular weight is 377 g/mol. The lowest BCUT2D eigenvalue weighted by atomic mass is 9.95. The first-order valence-corrected chi connectivity index (χ1v) is 9.46. The predicted molar refractivity (Wildman–Crippen MR) is 119 cm³/mol. The molecule has 0 radical (unpaired) electrons. The Balaban J connectivity index is 1.51. The summed E-state index contributed by atoms with van der Waals surface area (Å²) in [5.41, 5.74) is 8.35. The number of fused-ring (bicyclic) bond motifs is 2. The zero-order valence-corrected chi connectivity index (χ0v) is 15.7. The van der Waals surface area contributed by atoms with E-state index in [0.29, 0.717) is 17.2 Å². The molecule has 3 nitrogen and oxygen atoms in total. The first kappa shape index (κ1) is 17.1. The van der Waals surface area contributed by atoms with Crippen molar-refractivity contribution < 1.29 is 9.84 Å². The molecule has 0 bridgehead atoms. The van der Waals surface area contributed by atoms with Gasteiger partial charge in [0.05, 0.1) is 5.69 Å². The highest BCUT2D eigenvalue weighted by atomic mass is 16.5. The number of benzene rings is 5. The standard InChI is InChI=1S/C26H19NO2/c27-25-16-22(12-13-26(25)28)29-21-10-8-17(9-11-21)23-7-3-6-20-14-18-4-1-2-5-19(18)15-24(20)23/h1-16,28H,27H2. The molecule has 3 heteroatoms. The van der Waals surface area contributed by atoms with Gasteiger partial charge in [0.25, 0.3) is 0 Å². The Morgan fingerprint density at radius 1 is 0.621 bits per heavy atom. The summed E-state index contributed by atoms with van der Waals surface area (Å²) < 4.78 is 5.86. The van der Waals surface area contributed by atoms with Crippen molar-refractivity contribution in [2.24, 2.45) is 0 Å². The second-order valence-corrected chi connectivity index (χ2v) is 7.07. The fourth-order valence-corrected chi connectivity index (χ4v) is 3.65. The van der Waals surface area contributed by atoms with Crippen LogP contribution in [0.4, 0.5) is 5.69 Å². The van der Waals surface area contributed by atoms with Crippen molar-refractivity contribution in [3.63, 3.8) is 0 Å². The quantitative estimate of drug-likeness (QED) is 0.208. The monoisotopic (exact) mass is 377 g/mol. The van der Waals surface area contributed by atoms with Crippen LogP contribution in [0.1, 0.15) is 0 Å². The smallest absolute Gasteiger partial charge is 0.138 e. The minimum absolute atomic E-state index is 0.0520. The Kier molecular flexibility index (Phi) is 4.07. The molecule has 29 heavy (non-hydrogen) atoms. The normalized spacial score (nSPS) is 11.0. The highest BCUT2D eigenvalue weighted by Gasteiger charge is 2.07. The SMILES string of the molecule is Nc1cc(Oc2ccc(-c3cccc4cc5ccccc5cc34)cc2)ccc1O. The third-order valence-electron chi connectivity index (χ3n) is 5.15. The highest BCUT2D eigenvalue weighted by molar-refractivity contribution is 6.04. The lowest BCUT2D eigenvalue weighted by Gasteiger charge is -2.11. The highest BCUT2D eigenvalue weighted by Crippen LogP contribution is 2.34. The molecule has 0 aliphatic heterocycles. The number of rotatable bonds is 3. The van der Waals surface area contributed by atoms with E-state index in [4.69, 9.17) is 10.5 Å². The number of ether oxygens (including phenoxy) is 1. The lowest BCUT2D eigenvalue weighted by Crippen LogP contribution is -1.89. The molecule has 0 aromatic heterocycles. The summed E-state index contributed by atoms with van der Waals surface area (Å²) in [6, 6.07) is 32.1. The van der Waals surface area contributed by atoms with Gasteiger partial charge in [-0.1, -0.05) is 54.6 Å². The van der Waals surface area contributed by atoms with E-state index < -0.39 is 0 Å². The van der Waals surface area contributed by atoms with Crippen LogP contribution in [0.15, 0.2) is 97.1 Å². The molecule has 0 aliphatic carbocycles. The number of hydrogen-bond acceptors (Lipinski definition) is 3. The van der Waals surface area contributed by atoms with Crippen molar-refractivity contribution in [2.45, 2.75) is 0 Å². The van der Waals surface area contributed by atoms with E-state index in [9.17, 15) is 5.11 Å². The van der Waals surface area contributed by atoms with Crippen LogP contribution >= 0.6 is 0 Å². The average Bonchev–Trinajstić information content (AvgIpc) is 2.75. The summed E-state index contributed by atoms with van der Waals surface area (Å²) in [6.45, 7) is 0. The molecule has 5 aromatic rings. The van der Waals surface area contributed by atoms with E-state index in [1.807, 2.05) is 12.1 Å². The maximum atomic E-state index is 9.54. The summed E-state index contributed by atoms with van der Waals surface area (Å²) >= 11 is 0. The molecule has 0 spiro atoms. The van der Waals surface area contributed by atoms with Gasteiger partial charge in [-0.15, -0.1) is 0 Å². The van der Waals surface area contributed by atoms with Crippen molar-refractivity contribution in [1.82, 2.24) is 0 Å². The van der Waals surface area contributed by atoms with Gasteiger partial charge in [0.2, 0.25) is 0 Å². The van der Waals surface area contributed by atoms with Crippen molar-refractivity contribution >= 4 is 27.2 Å². The zero-order chi connectivity index (χ0) is 19.8. The summed E-state index contributed by atoms with van der Waals surface area (Å²) in [6.07, 6.45) is 0. The van der Waals surface area contributed by atoms with E-state index in [2.05, 4.69) is 66.7 Å². The molecule has 3 N–H and O–H groups in total. The van der Waals surface area contributed by atoms with Crippen molar-refractivity contribution in [3.05, 3.63) is 97.1 Å². The number of nitrogens with two attached hydrogens (primary N) is 1. The molecule has 0 heterocycles. The van der Waals surface area contributed by atoms with Crippen LogP contribution in [0.3, 0.4) is 0 Å². The first-order valence-electron chi connectivity index (χ1n) is 9.46. The summed E-state index contributed by atoms with van der Waals surface area (Å²) in [5.74, 6) is 1.35. The Morgan fingerprint density at radius 3 is 2.07 bits per heavy atom. The van der Waals surface area contributed by atoms with Gasteiger partial charge in [-0.2, -0.15) is 0 Å². The number of anilines is 1. The van der Waals surface area contributed by atoms with E-state index >= 15 is 0 Å². The van der Waals surface area contributed by atoms with Crippen LogP contribution in [0.5, 0.6) is 17.2 Å². The minimum Gasteiger partial charge on any atom is -0.506 e. The van der Waals surface area contributed by atoms with Crippen LogP contribution in [-0.2, 0) is 0 Å². The van der Waals surface area contributed by atoms with E-state index in [-0.39, 0.29) is 5.75 Å². The topological polar surface area (TPSA) is 55.5 Å². The molecule has 140 valence electrons. The number of phenols is 1. The molecular weight excluding hydrogens is 358 g/mol. The largest absolute Gasteiger partial charge is 0.506 e. The summed E-state index contributed by atoms with van der Waals surface area (Å²) in [4.78, 5) is 0. The minimum atomic E-state index is 0.0520. The maximum absolute atomic E-state index is 9.54. The molecule has 5 rings (SSSR count). The van der Waals surface area contributed by atoms with Gasteiger partial charge in [0.15, 0.2) is 0 Å². The number of aromatic hydroxyl groups is 1. The van der Waals surface area contributed by atoms with E-state index in [1.165, 1.54) is 33.2 Å². The molecule has 0 unspecified atom stereocenters. The summed E-state index contributed by atoms with van der Waals surface area (Å²) in [7, 11) is 0. The number of nitrogen functional groups attached to an aromatic ring is 1. The molecule has 0 aliphatic rings. The van der Waals surface area contributed by atoms with Crippen LogP contribution in [0.2, 0.25) is 0 Å². The molecule has 0 amide bonds. The summed E-state index contributed by atoms with van der Waals surface area (Å²) in [5, 5.41) is 14.5.